The van der Waals surface area contributed by atoms with Crippen molar-refractivity contribution >= 4 is 102 Å². The Morgan fingerprint density at radius 3 is 0.591 bits per heavy atom. The number of hydrogen-bond acceptors (Lipinski definition) is 0. The van der Waals surface area contributed by atoms with E-state index in [4.69, 9.17) is 0 Å². The lowest BCUT2D eigenvalue weighted by Gasteiger charge is -2.38. The van der Waals surface area contributed by atoms with Gasteiger partial charge in [0.15, 0.2) is 0 Å². The number of rotatable bonds is 6. The van der Waals surface area contributed by atoms with Crippen molar-refractivity contribution in [2.75, 3.05) is 0 Å². The fraction of sp³-hybridized carbons (Fsp3) is 0.209. The maximum Gasteiger partial charge on any atom is 0.146 e. The zero-order valence-electron chi connectivity index (χ0n) is 52.9. The Morgan fingerprint density at radius 2 is 0.398 bits per heavy atom. The van der Waals surface area contributed by atoms with Crippen LogP contribution in [0.5, 0.6) is 0 Å². The summed E-state index contributed by atoms with van der Waals surface area (Å²) in [4.78, 5) is 0. The third kappa shape index (κ3) is 11.0. The topological polar surface area (TPSA) is 0 Å². The third-order valence-corrected chi connectivity index (χ3v) is 31.7. The molecule has 0 fully saturated rings. The van der Waals surface area contributed by atoms with E-state index in [0.717, 1.165) is 87.6 Å². The molecule has 2 heteroatoms. The summed E-state index contributed by atoms with van der Waals surface area (Å²) in [5, 5.41) is 18.7. The molecule has 0 radical (unpaired) electrons. The second-order valence-electron chi connectivity index (χ2n) is 25.9. The summed E-state index contributed by atoms with van der Waals surface area (Å²) in [6.45, 7) is 28.7. The lowest BCUT2D eigenvalue weighted by atomic mass is 9.89. The zero-order valence-corrected chi connectivity index (χ0v) is 54.9. The van der Waals surface area contributed by atoms with Crippen LogP contribution in [0.15, 0.2) is 194 Å². The van der Waals surface area contributed by atoms with Crippen LogP contribution in [0, 0.1) is 70.3 Å². The molecule has 0 bridgehead atoms. The largest absolute Gasteiger partial charge is 0.146 e. The first-order valence-corrected chi connectivity index (χ1v) is 35.9. The van der Waals surface area contributed by atoms with Crippen LogP contribution in [0.1, 0.15) is 128 Å². The van der Waals surface area contributed by atoms with Crippen LogP contribution in [0.25, 0.3) is 86.2 Å². The maximum absolute atomic E-state index is 4.10. The molecule has 12 aromatic rings. The first-order chi connectivity index (χ1) is 42.5. The average molecular weight is 1160 g/mol. The van der Waals surface area contributed by atoms with Gasteiger partial charge >= 0.3 is 0 Å². The van der Waals surface area contributed by atoms with E-state index in [0.29, 0.717) is 33.2 Å². The molecule has 88 heavy (non-hydrogen) atoms. The molecule has 0 N–H and O–H groups in total. The fourth-order valence-corrected chi connectivity index (χ4v) is 25.1. The van der Waals surface area contributed by atoms with E-state index in [9.17, 15) is 0 Å². The summed E-state index contributed by atoms with van der Waals surface area (Å²) in [6.07, 6.45) is 0. The zero-order chi connectivity index (χ0) is 61.4. The number of hydrogen-bond donors (Lipinski definition) is 0. The Labute approximate surface area is 524 Å². The van der Waals surface area contributed by atoms with Crippen LogP contribution in [0.3, 0.4) is 0 Å². The highest BCUT2D eigenvalue weighted by molar-refractivity contribution is 6.91. The van der Waals surface area contributed by atoms with Gasteiger partial charge in [-0.15, -0.1) is 11.1 Å². The van der Waals surface area contributed by atoms with Crippen molar-refractivity contribution in [3.63, 3.8) is 0 Å². The molecule has 0 heterocycles. The minimum Gasteiger partial charge on any atom is -0.125 e. The fourth-order valence-electron chi connectivity index (χ4n) is 14.7. The summed E-state index contributed by atoms with van der Waals surface area (Å²) in [6, 6.07) is 69.7. The lowest BCUT2D eigenvalue weighted by Crippen LogP contribution is -2.43. The first-order valence-electron chi connectivity index (χ1n) is 31.5. The van der Waals surface area contributed by atoms with Gasteiger partial charge in [0.2, 0.25) is 0 Å². The van der Waals surface area contributed by atoms with Crippen LogP contribution in [0.2, 0.25) is 33.2 Å². The minimum absolute atomic E-state index is 0.522. The van der Waals surface area contributed by atoms with E-state index in [-0.39, 0.29) is 0 Å². The molecule has 0 nitrogen and oxygen atoms in total. The van der Waals surface area contributed by atoms with Crippen LogP contribution < -0.4 is 0 Å². The first kappa shape index (κ1) is 58.9. The van der Waals surface area contributed by atoms with E-state index in [1.54, 1.807) is 0 Å². The predicted octanol–water partition coefficient (Wildman–Crippen LogP) is 22.3. The van der Waals surface area contributed by atoms with Gasteiger partial charge in [-0.2, -0.15) is 0 Å². The molecule has 0 atom stereocenters. The Morgan fingerprint density at radius 1 is 0.216 bits per heavy atom. The van der Waals surface area contributed by atoms with E-state index in [1.165, 1.54) is 43.1 Å². The summed E-state index contributed by atoms with van der Waals surface area (Å²) < 4.78 is 0. The summed E-state index contributed by atoms with van der Waals surface area (Å²) in [5.41, 5.74) is 19.2. The smallest absolute Gasteiger partial charge is 0.125 e. The van der Waals surface area contributed by atoms with E-state index in [1.807, 2.05) is 24.3 Å². The van der Waals surface area contributed by atoms with Gasteiger partial charge in [0.25, 0.3) is 0 Å². The third-order valence-electron chi connectivity index (χ3n) is 19.1. The summed E-state index contributed by atoms with van der Waals surface area (Å²) >= 11 is 0. The molecule has 426 valence electrons. The summed E-state index contributed by atoms with van der Waals surface area (Å²) in [7, 11) is -4.11. The van der Waals surface area contributed by atoms with Gasteiger partial charge in [-0.25, -0.2) is 0 Å². The van der Waals surface area contributed by atoms with Gasteiger partial charge < -0.3 is 0 Å². The number of benzene rings is 12. The Balaban J connectivity index is 0.861. The van der Waals surface area contributed by atoms with Gasteiger partial charge in [0.05, 0.1) is 0 Å². The Kier molecular flexibility index (Phi) is 16.3. The van der Waals surface area contributed by atoms with E-state index < -0.39 is 16.1 Å². The number of fused-ring (bicyclic) bond motifs is 8. The second-order valence-corrected chi connectivity index (χ2v) is 37.1. The Hall–Kier alpha value is -9.49. The molecule has 0 aliphatic heterocycles. The van der Waals surface area contributed by atoms with Gasteiger partial charge in [-0.3, -0.25) is 0 Å². The van der Waals surface area contributed by atoms with Gasteiger partial charge in [0.1, 0.15) is 16.1 Å². The average Bonchev–Trinajstić information content (AvgIpc) is 1.22. The van der Waals surface area contributed by atoms with Gasteiger partial charge in [-0.1, -0.05) is 228 Å². The van der Waals surface area contributed by atoms with Crippen molar-refractivity contribution < 1.29 is 0 Å². The van der Waals surface area contributed by atoms with Crippen LogP contribution >= 0.6 is 0 Å². The molecular formula is C86H74Si2. The quantitative estimate of drug-likeness (QED) is 0.0884. The highest BCUT2D eigenvalue weighted by atomic mass is 28.3. The standard InChI is InChI=1S/C86H74Si2/c1-57(2)87(58(3)4,59(5)6)47-45-77-83-53-71-29-19-15-25-67(71)49-79(83)75(80-50-68-26-16-20-30-72(68)54-84(77)80)43-41-65-37-33-63(34-38-65)23-13-14-24-64-35-39-66(40-36-64)42-44-76-81-51-69-27-17-21-31-73(69)55-85(81)78(46-48-88(60(7)8,61(9)10)62(11)12)86-56-74-32-22-18-28-70(74)52-82(76)86/h15-22,25-40,49-62H,1-12H3. The Bertz CT molecular complexity index is 4620. The van der Waals surface area contributed by atoms with Crippen molar-refractivity contribution in [2.45, 2.75) is 116 Å². The molecule has 0 saturated heterocycles. The second kappa shape index (κ2) is 24.4. The lowest BCUT2D eigenvalue weighted by molar-refractivity contribution is 0.838. The van der Waals surface area contributed by atoms with Crippen molar-refractivity contribution in [1.82, 2.24) is 0 Å². The summed E-state index contributed by atoms with van der Waals surface area (Å²) in [5.74, 6) is 35.3. The molecule has 12 aromatic carbocycles. The van der Waals surface area contributed by atoms with Gasteiger partial charge in [0, 0.05) is 44.5 Å². The van der Waals surface area contributed by atoms with Crippen LogP contribution in [-0.2, 0) is 0 Å². The molecule has 12 rings (SSSR count). The van der Waals surface area contributed by atoms with Crippen LogP contribution in [0.4, 0.5) is 0 Å². The predicted molar refractivity (Wildman–Crippen MR) is 387 cm³/mol. The molecule has 0 aliphatic carbocycles. The minimum atomic E-state index is -2.06. The molecule has 0 aliphatic rings. The van der Waals surface area contributed by atoms with Crippen molar-refractivity contribution in [3.05, 3.63) is 239 Å². The molecule has 0 amide bonds. The normalized spacial score (nSPS) is 11.7. The monoisotopic (exact) mass is 1160 g/mol. The van der Waals surface area contributed by atoms with Crippen molar-refractivity contribution in [3.8, 4) is 70.3 Å². The molecule has 0 spiro atoms. The molecule has 0 unspecified atom stereocenters. The molecular weight excluding hydrogens is 1090 g/mol. The van der Waals surface area contributed by atoms with Crippen molar-refractivity contribution in [2.24, 2.45) is 0 Å². The van der Waals surface area contributed by atoms with E-state index >= 15 is 0 Å². The van der Waals surface area contributed by atoms with E-state index in [2.05, 4.69) is 323 Å². The molecule has 0 aromatic heterocycles. The highest BCUT2D eigenvalue weighted by Gasteiger charge is 2.43. The highest BCUT2D eigenvalue weighted by Crippen LogP contribution is 2.44. The van der Waals surface area contributed by atoms with Gasteiger partial charge in [-0.05, 0) is 228 Å². The van der Waals surface area contributed by atoms with Crippen LogP contribution in [-0.4, -0.2) is 16.1 Å². The van der Waals surface area contributed by atoms with Crippen molar-refractivity contribution in [1.29, 1.82) is 0 Å². The molecule has 0 saturated carbocycles. The SMILES string of the molecule is CC(C)[Si](C#Cc1c2cc3ccccc3cc2c(C#Cc2ccc(C#CC#Cc3ccc(C#Cc4c5cc6ccccc6cc5c(C#C[Si](C(C)C)(C(C)C)C(C)C)c5cc6ccccc6cc45)cc3)cc2)c2cc3ccccc3cc12)(C(C)C)C(C)C. The maximum atomic E-state index is 4.10.